The number of amides is 2. The molecule has 2 heterocycles. The maximum atomic E-state index is 12.7. The minimum absolute atomic E-state index is 0.0403. The molecule has 0 bridgehead atoms. The van der Waals surface area contributed by atoms with Gasteiger partial charge in [0.25, 0.3) is 5.91 Å². The smallest absolute Gasteiger partial charge is 0.270 e. The fourth-order valence-corrected chi connectivity index (χ4v) is 2.98. The van der Waals surface area contributed by atoms with Crippen molar-refractivity contribution in [1.82, 2.24) is 9.91 Å². The molecule has 3 rings (SSSR count). The van der Waals surface area contributed by atoms with E-state index in [4.69, 9.17) is 4.74 Å². The first-order valence-corrected chi connectivity index (χ1v) is 7.88. The Kier molecular flexibility index (Phi) is 4.43. The number of ether oxygens (including phenoxy) is 1. The van der Waals surface area contributed by atoms with E-state index in [0.717, 1.165) is 5.56 Å². The van der Waals surface area contributed by atoms with Crippen LogP contribution in [0.25, 0.3) is 0 Å². The molecule has 1 saturated heterocycles. The highest BCUT2D eigenvalue weighted by atomic mass is 16.5. The number of hydrazone groups is 1. The molecule has 1 fully saturated rings. The average Bonchev–Trinajstić information content (AvgIpc) is 2.57. The molecule has 0 unspecified atom stereocenters. The Hall–Kier alpha value is -2.21. The van der Waals surface area contributed by atoms with Crippen molar-refractivity contribution in [2.45, 2.75) is 32.0 Å². The number of hydrogen-bond acceptors (Lipinski definition) is 4. The normalized spacial score (nSPS) is 25.3. The first-order valence-electron chi connectivity index (χ1n) is 7.88. The summed E-state index contributed by atoms with van der Waals surface area (Å²) in [4.78, 5) is 26.0. The van der Waals surface area contributed by atoms with Gasteiger partial charge in [-0.15, -0.1) is 0 Å². The summed E-state index contributed by atoms with van der Waals surface area (Å²) < 4.78 is 5.98. The molecule has 122 valence electrons. The lowest BCUT2D eigenvalue weighted by atomic mass is 10.1. The lowest BCUT2D eigenvalue weighted by molar-refractivity contribution is -0.138. The van der Waals surface area contributed by atoms with Gasteiger partial charge in [-0.1, -0.05) is 30.3 Å². The average molecular weight is 315 g/mol. The minimum atomic E-state index is -0.132. The third-order valence-corrected chi connectivity index (χ3v) is 4.17. The summed E-state index contributed by atoms with van der Waals surface area (Å²) in [5.74, 6) is -0.153. The van der Waals surface area contributed by atoms with Gasteiger partial charge < -0.3 is 9.64 Å². The molecule has 2 atom stereocenters. The molecule has 6 heteroatoms. The molecule has 0 spiro atoms. The van der Waals surface area contributed by atoms with Crippen LogP contribution in [-0.2, 0) is 14.3 Å². The van der Waals surface area contributed by atoms with Crippen LogP contribution in [0.3, 0.4) is 0 Å². The second kappa shape index (κ2) is 6.50. The van der Waals surface area contributed by atoms with Gasteiger partial charge in [-0.05, 0) is 12.5 Å². The standard InChI is InChI=1S/C17H21N3O3/c1-12-10-20(11-15(23-12)13-6-4-3-5-7-13)17(22)14-8-9-16(21)19(2)18-14/h3-7,12,15H,8-11H2,1-2H3/t12-,15-/m0/s1. The summed E-state index contributed by atoms with van der Waals surface area (Å²) in [5, 5.41) is 5.39. The van der Waals surface area contributed by atoms with E-state index in [2.05, 4.69) is 5.10 Å². The van der Waals surface area contributed by atoms with Crippen LogP contribution < -0.4 is 0 Å². The summed E-state index contributed by atoms with van der Waals surface area (Å²) in [6.07, 6.45) is 0.571. The number of rotatable bonds is 2. The Morgan fingerprint density at radius 1 is 1.22 bits per heavy atom. The number of hydrogen-bond donors (Lipinski definition) is 0. The highest BCUT2D eigenvalue weighted by molar-refractivity contribution is 6.39. The Morgan fingerprint density at radius 2 is 1.96 bits per heavy atom. The van der Waals surface area contributed by atoms with E-state index in [1.165, 1.54) is 5.01 Å². The predicted octanol–water partition coefficient (Wildman–Crippen LogP) is 1.58. The van der Waals surface area contributed by atoms with Gasteiger partial charge in [-0.25, -0.2) is 5.01 Å². The van der Waals surface area contributed by atoms with Crippen LogP contribution in [0.5, 0.6) is 0 Å². The van der Waals surface area contributed by atoms with E-state index in [-0.39, 0.29) is 24.0 Å². The zero-order valence-corrected chi connectivity index (χ0v) is 13.4. The maximum absolute atomic E-state index is 12.7. The van der Waals surface area contributed by atoms with Crippen LogP contribution in [0.4, 0.5) is 0 Å². The lowest BCUT2D eigenvalue weighted by Gasteiger charge is -2.37. The largest absolute Gasteiger partial charge is 0.367 e. The van der Waals surface area contributed by atoms with Crippen LogP contribution in [0.1, 0.15) is 31.4 Å². The van der Waals surface area contributed by atoms with Crippen molar-refractivity contribution < 1.29 is 14.3 Å². The fourth-order valence-electron chi connectivity index (χ4n) is 2.98. The second-order valence-corrected chi connectivity index (χ2v) is 6.02. The second-order valence-electron chi connectivity index (χ2n) is 6.02. The maximum Gasteiger partial charge on any atom is 0.270 e. The van der Waals surface area contributed by atoms with Crippen molar-refractivity contribution in [1.29, 1.82) is 0 Å². The number of morpholine rings is 1. The first-order chi connectivity index (χ1) is 11.0. The number of benzene rings is 1. The predicted molar refractivity (Wildman–Crippen MR) is 85.7 cm³/mol. The monoisotopic (exact) mass is 315 g/mol. The topological polar surface area (TPSA) is 62.2 Å². The molecule has 0 aliphatic carbocycles. The minimum Gasteiger partial charge on any atom is -0.367 e. The van der Waals surface area contributed by atoms with Crippen LogP contribution in [-0.4, -0.2) is 53.7 Å². The highest BCUT2D eigenvalue weighted by Crippen LogP contribution is 2.25. The Balaban J connectivity index is 1.75. The quantitative estimate of drug-likeness (QED) is 0.832. The molecule has 2 aliphatic rings. The molecule has 0 N–H and O–H groups in total. The third kappa shape index (κ3) is 3.42. The highest BCUT2D eigenvalue weighted by Gasteiger charge is 2.32. The Morgan fingerprint density at radius 3 is 2.65 bits per heavy atom. The molecule has 2 amide bonds. The van der Waals surface area contributed by atoms with Gasteiger partial charge in [0.05, 0.1) is 12.6 Å². The molecule has 0 saturated carbocycles. The van der Waals surface area contributed by atoms with E-state index >= 15 is 0 Å². The molecule has 1 aromatic rings. The van der Waals surface area contributed by atoms with E-state index in [1.54, 1.807) is 11.9 Å². The Labute approximate surface area is 135 Å². The number of carbonyl (C=O) groups excluding carboxylic acids is 2. The van der Waals surface area contributed by atoms with Gasteiger partial charge in [0.2, 0.25) is 5.91 Å². The van der Waals surface area contributed by atoms with Crippen LogP contribution >= 0.6 is 0 Å². The SMILES string of the molecule is C[C@H]1CN(C(=O)C2=NN(C)C(=O)CC2)C[C@@H](c2ccccc2)O1. The van der Waals surface area contributed by atoms with Gasteiger partial charge in [0.1, 0.15) is 11.8 Å². The molecule has 0 radical (unpaired) electrons. The molecular formula is C17H21N3O3. The van der Waals surface area contributed by atoms with Crippen molar-refractivity contribution in [3.05, 3.63) is 35.9 Å². The molecule has 2 aliphatic heterocycles. The zero-order chi connectivity index (χ0) is 16.4. The van der Waals surface area contributed by atoms with E-state index in [9.17, 15) is 9.59 Å². The van der Waals surface area contributed by atoms with Gasteiger partial charge in [-0.2, -0.15) is 5.10 Å². The van der Waals surface area contributed by atoms with Crippen LogP contribution in [0, 0.1) is 0 Å². The molecule has 23 heavy (non-hydrogen) atoms. The molecular weight excluding hydrogens is 294 g/mol. The van der Waals surface area contributed by atoms with E-state index < -0.39 is 0 Å². The Bertz CT molecular complexity index is 629. The first kappa shape index (κ1) is 15.7. The van der Waals surface area contributed by atoms with Crippen molar-refractivity contribution in [2.75, 3.05) is 20.1 Å². The van der Waals surface area contributed by atoms with Crippen LogP contribution in [0.2, 0.25) is 0 Å². The van der Waals surface area contributed by atoms with Crippen LogP contribution in [0.15, 0.2) is 35.4 Å². The number of carbonyl (C=O) groups is 2. The summed E-state index contributed by atoms with van der Waals surface area (Å²) in [5.41, 5.74) is 1.52. The third-order valence-electron chi connectivity index (χ3n) is 4.17. The fraction of sp³-hybridized carbons (Fsp3) is 0.471. The summed E-state index contributed by atoms with van der Waals surface area (Å²) in [6.45, 7) is 3.01. The van der Waals surface area contributed by atoms with Gasteiger partial charge in [0.15, 0.2) is 0 Å². The summed E-state index contributed by atoms with van der Waals surface area (Å²) in [7, 11) is 1.59. The zero-order valence-electron chi connectivity index (χ0n) is 13.4. The summed E-state index contributed by atoms with van der Waals surface area (Å²) in [6, 6.07) is 9.92. The van der Waals surface area contributed by atoms with Crippen molar-refractivity contribution in [2.24, 2.45) is 5.10 Å². The molecule has 0 aromatic heterocycles. The lowest BCUT2D eigenvalue weighted by Crippen LogP contribution is -2.49. The van der Waals surface area contributed by atoms with Gasteiger partial charge in [0, 0.05) is 26.4 Å². The van der Waals surface area contributed by atoms with Crippen molar-refractivity contribution in [3.8, 4) is 0 Å². The van der Waals surface area contributed by atoms with Gasteiger partial charge >= 0.3 is 0 Å². The molecule has 1 aromatic carbocycles. The van der Waals surface area contributed by atoms with Crippen molar-refractivity contribution >= 4 is 17.5 Å². The van der Waals surface area contributed by atoms with E-state index in [1.807, 2.05) is 37.3 Å². The number of nitrogens with zero attached hydrogens (tertiary/aromatic N) is 3. The van der Waals surface area contributed by atoms with Crippen molar-refractivity contribution in [3.63, 3.8) is 0 Å². The van der Waals surface area contributed by atoms with Gasteiger partial charge in [-0.3, -0.25) is 9.59 Å². The summed E-state index contributed by atoms with van der Waals surface area (Å²) >= 11 is 0. The van der Waals surface area contributed by atoms with E-state index in [0.29, 0.717) is 31.6 Å². The molecule has 6 nitrogen and oxygen atoms in total.